The molecule has 0 aliphatic heterocycles. The highest BCUT2D eigenvalue weighted by Gasteiger charge is 2.26. The molecule has 0 radical (unpaired) electrons. The van der Waals surface area contributed by atoms with Gasteiger partial charge < -0.3 is 34.3 Å². The summed E-state index contributed by atoms with van der Waals surface area (Å²) in [5.74, 6) is -0.755. The molecule has 2 rings (SSSR count). The van der Waals surface area contributed by atoms with Crippen molar-refractivity contribution in [1.29, 1.82) is 0 Å². The summed E-state index contributed by atoms with van der Waals surface area (Å²) < 4.78 is 53.9. The number of ether oxygens (including phenoxy) is 5. The predicted octanol–water partition coefficient (Wildman–Crippen LogP) is 5.98. The Hall–Kier alpha value is -4.13. The van der Waals surface area contributed by atoms with Crippen molar-refractivity contribution in [2.24, 2.45) is 10.5 Å². The van der Waals surface area contributed by atoms with Gasteiger partial charge in [-0.2, -0.15) is 0 Å². The van der Waals surface area contributed by atoms with Crippen LogP contribution in [0.15, 0.2) is 65.4 Å². The highest BCUT2D eigenvalue weighted by atomic mass is 31.2. The summed E-state index contributed by atoms with van der Waals surface area (Å²) in [6.45, 7) is 2.27. The standard InChI is InChI=1S/C32H46N3O11P/c1-3-4-19-40-29(36)24-35(2)30(33)34-47(39,45-22-13-11-20-41-31(37)43-25-27-15-7-5-8-16-27)46-23-14-12-21-42-32(38)44-26-28-17-9-6-10-18-28/h5-10,15-18H,3-4,11-14,19-26H2,1-2H3,(H2,33,34,39). The Labute approximate surface area is 276 Å². The number of hydrogen-bond acceptors (Lipinski definition) is 11. The van der Waals surface area contributed by atoms with Gasteiger partial charge in [0, 0.05) is 7.05 Å². The van der Waals surface area contributed by atoms with Gasteiger partial charge in [0.2, 0.25) is 5.96 Å². The maximum atomic E-state index is 13.5. The first kappa shape index (κ1) is 39.1. The van der Waals surface area contributed by atoms with Gasteiger partial charge in [0.05, 0.1) is 33.0 Å². The van der Waals surface area contributed by atoms with Crippen molar-refractivity contribution in [2.45, 2.75) is 58.7 Å². The lowest BCUT2D eigenvalue weighted by atomic mass is 10.2. The molecule has 47 heavy (non-hydrogen) atoms. The molecule has 0 amide bonds. The molecular formula is C32H46N3O11P. The van der Waals surface area contributed by atoms with Crippen LogP contribution >= 0.6 is 7.75 Å². The molecular weight excluding hydrogens is 633 g/mol. The summed E-state index contributed by atoms with van der Waals surface area (Å²) in [6.07, 6.45) is 1.49. The maximum absolute atomic E-state index is 13.5. The van der Waals surface area contributed by atoms with Crippen LogP contribution in [-0.4, -0.2) is 75.8 Å². The number of hydrogen-bond donors (Lipinski definition) is 1. The average Bonchev–Trinajstić information content (AvgIpc) is 3.07. The number of esters is 1. The highest BCUT2D eigenvalue weighted by molar-refractivity contribution is 7.52. The number of benzene rings is 2. The molecule has 0 saturated heterocycles. The van der Waals surface area contributed by atoms with Crippen LogP contribution in [0.2, 0.25) is 0 Å². The lowest BCUT2D eigenvalue weighted by Crippen LogP contribution is -2.38. The van der Waals surface area contributed by atoms with E-state index in [1.807, 2.05) is 67.6 Å². The van der Waals surface area contributed by atoms with Crippen molar-refractivity contribution in [2.75, 3.05) is 46.6 Å². The van der Waals surface area contributed by atoms with Crippen LogP contribution in [0.25, 0.3) is 0 Å². The van der Waals surface area contributed by atoms with Crippen LogP contribution in [-0.2, 0) is 55.3 Å². The number of nitrogens with zero attached hydrogens (tertiary/aromatic N) is 2. The molecule has 0 fully saturated rings. The van der Waals surface area contributed by atoms with Gasteiger partial charge in [0.15, 0.2) is 0 Å². The molecule has 0 atom stereocenters. The largest absolute Gasteiger partial charge is 0.508 e. The van der Waals surface area contributed by atoms with Gasteiger partial charge in [-0.3, -0.25) is 13.8 Å². The van der Waals surface area contributed by atoms with Crippen molar-refractivity contribution < 1.29 is 51.7 Å². The Morgan fingerprint density at radius 1 is 0.681 bits per heavy atom. The van der Waals surface area contributed by atoms with E-state index in [4.69, 9.17) is 38.5 Å². The number of likely N-dealkylation sites (N-methyl/N-ethyl adjacent to an activating group) is 1. The van der Waals surface area contributed by atoms with Crippen LogP contribution in [0.5, 0.6) is 0 Å². The third-order valence-electron chi connectivity index (χ3n) is 6.17. The van der Waals surface area contributed by atoms with Crippen LogP contribution < -0.4 is 5.73 Å². The summed E-state index contributed by atoms with van der Waals surface area (Å²) >= 11 is 0. The Balaban J connectivity index is 1.78. The second kappa shape index (κ2) is 23.2. The zero-order valence-corrected chi connectivity index (χ0v) is 28.0. The van der Waals surface area contributed by atoms with Gasteiger partial charge in [0.1, 0.15) is 19.8 Å². The van der Waals surface area contributed by atoms with Crippen LogP contribution in [0.4, 0.5) is 9.59 Å². The molecule has 0 aromatic heterocycles. The van der Waals surface area contributed by atoms with Crippen LogP contribution in [0.3, 0.4) is 0 Å². The van der Waals surface area contributed by atoms with Crippen molar-refractivity contribution >= 4 is 32.0 Å². The first-order valence-electron chi connectivity index (χ1n) is 15.5. The van der Waals surface area contributed by atoms with Crippen molar-refractivity contribution in [3.63, 3.8) is 0 Å². The number of carbonyl (C=O) groups excluding carboxylic acids is 3. The molecule has 260 valence electrons. The normalized spacial score (nSPS) is 11.4. The fourth-order valence-corrected chi connectivity index (χ4v) is 4.86. The number of nitrogens with two attached hydrogens (primary N) is 1. The number of unbranched alkanes of at least 4 members (excludes halogenated alkanes) is 3. The second-order valence-corrected chi connectivity index (χ2v) is 11.8. The van der Waals surface area contributed by atoms with Gasteiger partial charge in [-0.25, -0.2) is 14.2 Å². The minimum Gasteiger partial charge on any atom is -0.464 e. The van der Waals surface area contributed by atoms with Gasteiger partial charge in [0.25, 0.3) is 0 Å². The van der Waals surface area contributed by atoms with Gasteiger partial charge >= 0.3 is 26.0 Å². The fourth-order valence-electron chi connectivity index (χ4n) is 3.54. The summed E-state index contributed by atoms with van der Waals surface area (Å²) in [6, 6.07) is 18.4. The molecule has 0 aliphatic carbocycles. The number of guanidine groups is 1. The highest BCUT2D eigenvalue weighted by Crippen LogP contribution is 2.50. The van der Waals surface area contributed by atoms with E-state index in [9.17, 15) is 18.9 Å². The Morgan fingerprint density at radius 2 is 1.13 bits per heavy atom. The van der Waals surface area contributed by atoms with E-state index in [1.165, 1.54) is 11.9 Å². The summed E-state index contributed by atoms with van der Waals surface area (Å²) in [4.78, 5) is 37.0. The number of rotatable bonds is 22. The number of carbonyl (C=O) groups is 3. The third kappa shape index (κ3) is 18.6. The molecule has 0 saturated carbocycles. The van der Waals surface area contributed by atoms with E-state index in [-0.39, 0.29) is 58.8 Å². The first-order valence-corrected chi connectivity index (χ1v) is 17.0. The zero-order valence-electron chi connectivity index (χ0n) is 27.1. The second-order valence-electron chi connectivity index (χ2n) is 10.2. The molecule has 0 unspecified atom stereocenters. The van der Waals surface area contributed by atoms with E-state index in [1.54, 1.807) is 0 Å². The van der Waals surface area contributed by atoms with E-state index >= 15 is 0 Å². The SMILES string of the molecule is CCCCOC(=O)CN(C)/C(N)=N/P(=O)(OCCCCOC(=O)OCc1ccccc1)OCCCCOC(=O)OCc1ccccc1. The van der Waals surface area contributed by atoms with E-state index in [2.05, 4.69) is 4.76 Å². The average molecular weight is 680 g/mol. The topological polar surface area (TPSA) is 175 Å². The minimum absolute atomic E-state index is 0.0460. The lowest BCUT2D eigenvalue weighted by molar-refractivity contribution is -0.143. The van der Waals surface area contributed by atoms with Gasteiger partial charge in [-0.05, 0) is 43.2 Å². The van der Waals surface area contributed by atoms with Crippen molar-refractivity contribution in [3.8, 4) is 0 Å². The fraction of sp³-hybridized carbons (Fsp3) is 0.500. The molecule has 15 heteroatoms. The van der Waals surface area contributed by atoms with Gasteiger partial charge in [-0.1, -0.05) is 74.0 Å². The quantitative estimate of drug-likeness (QED) is 0.0384. The monoisotopic (exact) mass is 679 g/mol. The summed E-state index contributed by atoms with van der Waals surface area (Å²) in [5, 5.41) is 0. The summed E-state index contributed by atoms with van der Waals surface area (Å²) in [7, 11) is -2.63. The first-order chi connectivity index (χ1) is 22.7. The van der Waals surface area contributed by atoms with E-state index in [0.29, 0.717) is 25.7 Å². The smallest absolute Gasteiger partial charge is 0.464 e. The zero-order chi connectivity index (χ0) is 34.2. The molecule has 0 aliphatic rings. The van der Waals surface area contributed by atoms with Crippen molar-refractivity contribution in [3.05, 3.63) is 71.8 Å². The minimum atomic E-state index is -4.12. The maximum Gasteiger partial charge on any atom is 0.508 e. The van der Waals surface area contributed by atoms with Crippen LogP contribution in [0, 0.1) is 0 Å². The molecule has 2 N–H and O–H groups in total. The Bertz CT molecular complexity index is 1190. The van der Waals surface area contributed by atoms with Crippen LogP contribution in [0.1, 0.15) is 56.6 Å². The molecule has 0 heterocycles. The Morgan fingerprint density at radius 3 is 1.60 bits per heavy atom. The van der Waals surface area contributed by atoms with Gasteiger partial charge in [-0.15, -0.1) is 4.76 Å². The molecule has 2 aromatic carbocycles. The van der Waals surface area contributed by atoms with E-state index in [0.717, 1.165) is 24.0 Å². The van der Waals surface area contributed by atoms with E-state index < -0.39 is 26.0 Å². The molecule has 0 bridgehead atoms. The molecule has 2 aromatic rings. The molecule has 0 spiro atoms. The predicted molar refractivity (Wildman–Crippen MR) is 173 cm³/mol. The summed E-state index contributed by atoms with van der Waals surface area (Å²) in [5.41, 5.74) is 7.68. The third-order valence-corrected chi connectivity index (χ3v) is 7.64. The lowest BCUT2D eigenvalue weighted by Gasteiger charge is -2.20. The Kier molecular flexibility index (Phi) is 19.3. The van der Waals surface area contributed by atoms with Crippen molar-refractivity contribution in [1.82, 2.24) is 4.90 Å². The molecule has 14 nitrogen and oxygen atoms in total.